The molecule has 8 heteroatoms. The highest BCUT2D eigenvalue weighted by molar-refractivity contribution is 8.04. The second-order valence-electron chi connectivity index (χ2n) is 6.96. The van der Waals surface area contributed by atoms with Crippen molar-refractivity contribution < 1.29 is 23.9 Å². The highest BCUT2D eigenvalue weighted by Crippen LogP contribution is 2.54. The number of anilines is 1. The number of amides is 2. The summed E-state index contributed by atoms with van der Waals surface area (Å²) in [6.45, 7) is 0. The Morgan fingerprint density at radius 1 is 1.07 bits per heavy atom. The van der Waals surface area contributed by atoms with Crippen molar-refractivity contribution in [3.05, 3.63) is 64.7 Å². The minimum Gasteiger partial charge on any atom is -0.497 e. The van der Waals surface area contributed by atoms with Gasteiger partial charge in [0, 0.05) is 17.5 Å². The Morgan fingerprint density at radius 3 is 2.66 bits per heavy atom. The van der Waals surface area contributed by atoms with Crippen molar-refractivity contribution in [1.82, 2.24) is 0 Å². The third-order valence-electron chi connectivity index (χ3n) is 5.47. The van der Waals surface area contributed by atoms with Gasteiger partial charge in [0.1, 0.15) is 16.7 Å². The van der Waals surface area contributed by atoms with Gasteiger partial charge in [-0.2, -0.15) is 0 Å². The van der Waals surface area contributed by atoms with E-state index >= 15 is 0 Å². The summed E-state index contributed by atoms with van der Waals surface area (Å²) in [5.74, 6) is -1.71. The summed E-state index contributed by atoms with van der Waals surface area (Å²) < 4.78 is 10.6. The van der Waals surface area contributed by atoms with Crippen molar-refractivity contribution in [2.75, 3.05) is 12.0 Å². The van der Waals surface area contributed by atoms with Gasteiger partial charge < -0.3 is 15.2 Å². The fraction of sp³-hybridized carbons (Fsp3) is 0.190. The first-order chi connectivity index (χ1) is 14.0. The number of nitrogens with two attached hydrogens (primary N) is 1. The highest BCUT2D eigenvalue weighted by Gasteiger charge is 2.58. The van der Waals surface area contributed by atoms with Crippen LogP contribution in [-0.2, 0) is 14.4 Å². The molecule has 0 bridgehead atoms. The Morgan fingerprint density at radius 2 is 1.86 bits per heavy atom. The second-order valence-corrected chi connectivity index (χ2v) is 8.14. The average molecular weight is 408 g/mol. The number of carbonyl (C=O) groups excluding carboxylic acids is 3. The maximum atomic E-state index is 13.5. The number of rotatable bonds is 2. The Balaban J connectivity index is 1.64. The molecule has 7 nitrogen and oxygen atoms in total. The standard InChI is InChI=1S/C21H16N2O5S/c1-27-11-6-4-5-10(9-11)23-19(24)15-14-12-7-2-3-8-13(12)28-21(26)16(14)18(22)29-17(15)20(23)25/h2-9,14-15,17H,22H2,1H3/t14-,15-,17-/m0/s1. The largest absolute Gasteiger partial charge is 0.497 e. The number of para-hydroxylation sites is 1. The van der Waals surface area contributed by atoms with Gasteiger partial charge in [-0.25, -0.2) is 9.69 Å². The summed E-state index contributed by atoms with van der Waals surface area (Å²) >= 11 is 1.05. The minimum absolute atomic E-state index is 0.226. The number of nitrogens with zero attached hydrogens (tertiary/aromatic N) is 1. The van der Waals surface area contributed by atoms with Crippen molar-refractivity contribution in [2.45, 2.75) is 11.2 Å². The molecule has 146 valence electrons. The number of methoxy groups -OCH3 is 1. The predicted molar refractivity (Wildman–Crippen MR) is 106 cm³/mol. The second kappa shape index (κ2) is 6.38. The molecule has 2 amide bonds. The SMILES string of the molecule is COc1cccc(N2C(=O)[C@@H]3[C@H](SC(N)=C4C(=O)Oc5ccccc5[C@H]43)C2=O)c1. The fourth-order valence-electron chi connectivity index (χ4n) is 4.21. The molecule has 0 radical (unpaired) electrons. The molecule has 1 saturated heterocycles. The summed E-state index contributed by atoms with van der Waals surface area (Å²) in [7, 11) is 1.52. The quantitative estimate of drug-likeness (QED) is 0.462. The molecule has 1 fully saturated rings. The third kappa shape index (κ3) is 2.49. The van der Waals surface area contributed by atoms with Crippen LogP contribution in [-0.4, -0.2) is 30.1 Å². The number of fused-ring (bicyclic) bond motifs is 5. The van der Waals surface area contributed by atoms with Gasteiger partial charge in [-0.05, 0) is 18.2 Å². The van der Waals surface area contributed by atoms with Crippen LogP contribution in [0, 0.1) is 5.92 Å². The van der Waals surface area contributed by atoms with E-state index in [4.69, 9.17) is 15.2 Å². The summed E-state index contributed by atoms with van der Waals surface area (Å²) in [5, 5.41) is -0.481. The fourth-order valence-corrected chi connectivity index (χ4v) is 5.45. The van der Waals surface area contributed by atoms with Gasteiger partial charge in [-0.15, -0.1) is 0 Å². The lowest BCUT2D eigenvalue weighted by Crippen LogP contribution is -2.39. The van der Waals surface area contributed by atoms with Gasteiger partial charge in [0.25, 0.3) is 0 Å². The van der Waals surface area contributed by atoms with Crippen LogP contribution in [0.1, 0.15) is 11.5 Å². The van der Waals surface area contributed by atoms with Crippen molar-refractivity contribution in [1.29, 1.82) is 0 Å². The van der Waals surface area contributed by atoms with Crippen LogP contribution in [0.5, 0.6) is 11.5 Å². The number of esters is 1. The molecule has 29 heavy (non-hydrogen) atoms. The van der Waals surface area contributed by atoms with E-state index in [2.05, 4.69) is 0 Å². The average Bonchev–Trinajstić information content (AvgIpc) is 2.97. The van der Waals surface area contributed by atoms with Gasteiger partial charge >= 0.3 is 5.97 Å². The van der Waals surface area contributed by atoms with Gasteiger partial charge in [-0.3, -0.25) is 9.59 Å². The molecule has 2 aromatic carbocycles. The molecule has 0 aliphatic carbocycles. The predicted octanol–water partition coefficient (Wildman–Crippen LogP) is 2.17. The zero-order valence-electron chi connectivity index (χ0n) is 15.3. The molecule has 2 N–H and O–H groups in total. The van der Waals surface area contributed by atoms with E-state index in [0.29, 0.717) is 22.7 Å². The van der Waals surface area contributed by atoms with Crippen molar-refractivity contribution in [3.8, 4) is 11.5 Å². The molecule has 5 rings (SSSR count). The third-order valence-corrected chi connectivity index (χ3v) is 6.70. The topological polar surface area (TPSA) is 98.9 Å². The van der Waals surface area contributed by atoms with Gasteiger partial charge in [0.15, 0.2) is 0 Å². The highest BCUT2D eigenvalue weighted by atomic mass is 32.2. The summed E-state index contributed by atoms with van der Waals surface area (Å²) in [4.78, 5) is 40.5. The van der Waals surface area contributed by atoms with Crippen LogP contribution in [0.2, 0.25) is 0 Å². The number of carbonyl (C=O) groups is 3. The molecule has 0 unspecified atom stereocenters. The van der Waals surface area contributed by atoms with Gasteiger partial charge in [0.05, 0.1) is 29.3 Å². The summed E-state index contributed by atoms with van der Waals surface area (Å²) in [6, 6.07) is 13.8. The molecular formula is C21H16N2O5S. The number of thioether (sulfide) groups is 1. The van der Waals surface area contributed by atoms with E-state index < -0.39 is 23.1 Å². The Labute approximate surface area is 170 Å². The lowest BCUT2D eigenvalue weighted by atomic mass is 9.77. The zero-order valence-corrected chi connectivity index (χ0v) is 16.1. The summed E-state index contributed by atoms with van der Waals surface area (Å²) in [6.07, 6.45) is 0. The molecule has 3 heterocycles. The Kier molecular flexibility index (Phi) is 3.92. The van der Waals surface area contributed by atoms with Crippen molar-refractivity contribution >= 4 is 35.2 Å². The monoisotopic (exact) mass is 408 g/mol. The van der Waals surface area contributed by atoms with Gasteiger partial charge in [0.2, 0.25) is 11.8 Å². The van der Waals surface area contributed by atoms with E-state index in [9.17, 15) is 14.4 Å². The first-order valence-corrected chi connectivity index (χ1v) is 9.88. The first-order valence-electron chi connectivity index (χ1n) is 9.00. The normalized spacial score (nSPS) is 25.3. The molecule has 3 aliphatic rings. The van der Waals surface area contributed by atoms with Crippen LogP contribution < -0.4 is 20.1 Å². The van der Waals surface area contributed by atoms with E-state index in [1.807, 2.05) is 6.07 Å². The smallest absolute Gasteiger partial charge is 0.342 e. The first kappa shape index (κ1) is 17.8. The Bertz CT molecular complexity index is 1110. The van der Waals surface area contributed by atoms with E-state index in [-0.39, 0.29) is 22.4 Å². The van der Waals surface area contributed by atoms with E-state index in [1.54, 1.807) is 42.5 Å². The zero-order chi connectivity index (χ0) is 20.3. The van der Waals surface area contributed by atoms with Crippen LogP contribution in [0.25, 0.3) is 0 Å². The van der Waals surface area contributed by atoms with Crippen LogP contribution in [0.15, 0.2) is 59.1 Å². The van der Waals surface area contributed by atoms with Gasteiger partial charge in [-0.1, -0.05) is 36.0 Å². The summed E-state index contributed by atoms with van der Waals surface area (Å²) in [5.41, 5.74) is 7.54. The molecule has 0 aromatic heterocycles. The molecule has 0 saturated carbocycles. The lowest BCUT2D eigenvalue weighted by molar-refractivity contribution is -0.131. The maximum Gasteiger partial charge on any atom is 0.342 e. The van der Waals surface area contributed by atoms with E-state index in [0.717, 1.165) is 11.8 Å². The molecule has 0 spiro atoms. The van der Waals surface area contributed by atoms with Crippen LogP contribution >= 0.6 is 11.8 Å². The minimum atomic E-state index is -0.741. The van der Waals surface area contributed by atoms with Crippen LogP contribution in [0.4, 0.5) is 5.69 Å². The molecule has 2 aromatic rings. The number of ether oxygens (including phenoxy) is 2. The number of hydrogen-bond acceptors (Lipinski definition) is 7. The number of hydrogen-bond donors (Lipinski definition) is 1. The lowest BCUT2D eigenvalue weighted by Gasteiger charge is -2.36. The molecular weight excluding hydrogens is 392 g/mol. The number of benzene rings is 2. The van der Waals surface area contributed by atoms with Crippen molar-refractivity contribution in [3.63, 3.8) is 0 Å². The maximum absolute atomic E-state index is 13.5. The van der Waals surface area contributed by atoms with E-state index in [1.165, 1.54) is 12.0 Å². The number of imide groups is 1. The molecule has 3 atom stereocenters. The van der Waals surface area contributed by atoms with Crippen molar-refractivity contribution in [2.24, 2.45) is 11.7 Å². The Hall–Kier alpha value is -3.26. The molecule has 3 aliphatic heterocycles. The van der Waals surface area contributed by atoms with Crippen LogP contribution in [0.3, 0.4) is 0 Å².